The molecule has 1 N–H and O–H groups in total. The van der Waals surface area contributed by atoms with Crippen molar-refractivity contribution in [1.29, 1.82) is 5.26 Å². The number of oxime groups is 1. The fraction of sp³-hybridized carbons (Fsp3) is 0.273. The summed E-state index contributed by atoms with van der Waals surface area (Å²) in [6.45, 7) is 0.0553. The van der Waals surface area contributed by atoms with Crippen LogP contribution in [0, 0.1) is 11.3 Å². The molecule has 0 heterocycles. The number of rotatable bonds is 2. The van der Waals surface area contributed by atoms with E-state index in [-0.39, 0.29) is 6.61 Å². The zero-order valence-electron chi connectivity index (χ0n) is 8.10. The largest absolute Gasteiger partial charge is 0.479 e. The lowest BCUT2D eigenvalue weighted by Gasteiger charge is -2.04. The summed E-state index contributed by atoms with van der Waals surface area (Å²) >= 11 is 0. The van der Waals surface area contributed by atoms with Crippen LogP contribution in [0.2, 0.25) is 0 Å². The number of ether oxygens (including phenoxy) is 1. The van der Waals surface area contributed by atoms with Gasteiger partial charge in [0, 0.05) is 5.56 Å². The highest BCUT2D eigenvalue weighted by Crippen LogP contribution is 2.26. The second-order valence-electron chi connectivity index (χ2n) is 3.31. The van der Waals surface area contributed by atoms with E-state index < -0.39 is 0 Å². The first-order chi connectivity index (χ1) is 7.35. The Labute approximate surface area is 87.4 Å². The standard InChI is InChI=1S/C11H10N2O2/c12-5-6-15-9-2-3-10-8(7-9)1-4-11(10)13-14/h2-3,7,14H,1,4,6H2/b13-11-. The number of fused-ring (bicyclic) bond motifs is 1. The van der Waals surface area contributed by atoms with Gasteiger partial charge >= 0.3 is 0 Å². The summed E-state index contributed by atoms with van der Waals surface area (Å²) in [6.07, 6.45) is 1.62. The summed E-state index contributed by atoms with van der Waals surface area (Å²) in [5.74, 6) is 0.689. The molecule has 0 amide bonds. The van der Waals surface area contributed by atoms with Crippen LogP contribution in [0.1, 0.15) is 17.5 Å². The molecule has 0 saturated carbocycles. The molecule has 0 radical (unpaired) electrons. The molecule has 4 heteroatoms. The molecule has 1 aromatic carbocycles. The molecule has 1 aliphatic carbocycles. The van der Waals surface area contributed by atoms with Crippen molar-refractivity contribution < 1.29 is 9.94 Å². The molecule has 4 nitrogen and oxygen atoms in total. The van der Waals surface area contributed by atoms with Crippen molar-refractivity contribution in [2.24, 2.45) is 5.16 Å². The molecule has 0 spiro atoms. The number of benzene rings is 1. The molecule has 2 rings (SSSR count). The Bertz CT molecular complexity index is 446. The van der Waals surface area contributed by atoms with Crippen LogP contribution in [0.4, 0.5) is 0 Å². The molecule has 76 valence electrons. The van der Waals surface area contributed by atoms with Crippen molar-refractivity contribution in [2.45, 2.75) is 12.8 Å². The van der Waals surface area contributed by atoms with Crippen LogP contribution in [0.15, 0.2) is 23.4 Å². The van der Waals surface area contributed by atoms with Gasteiger partial charge in [0.1, 0.15) is 11.8 Å². The molecule has 0 atom stereocenters. The molecule has 1 aliphatic rings. The lowest BCUT2D eigenvalue weighted by atomic mass is 10.1. The van der Waals surface area contributed by atoms with E-state index in [0.29, 0.717) is 5.75 Å². The predicted octanol–water partition coefficient (Wildman–Crippen LogP) is 1.71. The van der Waals surface area contributed by atoms with Crippen LogP contribution in [-0.2, 0) is 6.42 Å². The Hall–Kier alpha value is -2.02. The van der Waals surface area contributed by atoms with Crippen LogP contribution in [0.5, 0.6) is 5.75 Å². The average molecular weight is 202 g/mol. The molecule has 0 aliphatic heterocycles. The minimum Gasteiger partial charge on any atom is -0.479 e. The van der Waals surface area contributed by atoms with Gasteiger partial charge in [0.05, 0.1) is 5.71 Å². The highest BCUT2D eigenvalue weighted by atomic mass is 16.5. The molecule has 0 fully saturated rings. The number of hydrogen-bond donors (Lipinski definition) is 1. The molecular formula is C11H10N2O2. The van der Waals surface area contributed by atoms with Crippen molar-refractivity contribution >= 4 is 5.71 Å². The smallest absolute Gasteiger partial charge is 0.174 e. The van der Waals surface area contributed by atoms with Crippen molar-refractivity contribution in [3.05, 3.63) is 29.3 Å². The highest BCUT2D eigenvalue weighted by molar-refractivity contribution is 6.04. The van der Waals surface area contributed by atoms with Crippen molar-refractivity contribution in [3.63, 3.8) is 0 Å². The fourth-order valence-corrected chi connectivity index (χ4v) is 1.76. The van der Waals surface area contributed by atoms with E-state index >= 15 is 0 Å². The lowest BCUT2D eigenvalue weighted by Crippen LogP contribution is -1.96. The van der Waals surface area contributed by atoms with Gasteiger partial charge < -0.3 is 9.94 Å². The van der Waals surface area contributed by atoms with Crippen LogP contribution in [0.3, 0.4) is 0 Å². The van der Waals surface area contributed by atoms with Crippen LogP contribution in [0.25, 0.3) is 0 Å². The number of hydrogen-bond acceptors (Lipinski definition) is 4. The molecule has 15 heavy (non-hydrogen) atoms. The van der Waals surface area contributed by atoms with Crippen LogP contribution in [-0.4, -0.2) is 17.5 Å². The Morgan fingerprint density at radius 2 is 2.33 bits per heavy atom. The van der Waals surface area contributed by atoms with Crippen molar-refractivity contribution in [1.82, 2.24) is 0 Å². The average Bonchev–Trinajstić information content (AvgIpc) is 2.68. The van der Waals surface area contributed by atoms with Gasteiger partial charge in [-0.05, 0) is 36.6 Å². The normalized spacial score (nSPS) is 16.1. The monoisotopic (exact) mass is 202 g/mol. The Morgan fingerprint density at radius 3 is 3.07 bits per heavy atom. The van der Waals surface area contributed by atoms with Gasteiger partial charge in [-0.3, -0.25) is 0 Å². The Morgan fingerprint density at radius 1 is 1.47 bits per heavy atom. The maximum Gasteiger partial charge on any atom is 0.174 e. The number of nitriles is 1. The Balaban J connectivity index is 2.26. The van der Waals surface area contributed by atoms with E-state index in [4.69, 9.17) is 15.2 Å². The maximum atomic E-state index is 8.74. The minimum absolute atomic E-state index is 0.0553. The summed E-state index contributed by atoms with van der Waals surface area (Å²) < 4.78 is 5.19. The number of nitrogens with zero attached hydrogens (tertiary/aromatic N) is 2. The third kappa shape index (κ3) is 1.77. The summed E-state index contributed by atoms with van der Waals surface area (Å²) in [7, 11) is 0. The minimum atomic E-state index is 0.0553. The van der Waals surface area contributed by atoms with Gasteiger partial charge in [0.2, 0.25) is 0 Å². The van der Waals surface area contributed by atoms with Gasteiger partial charge in [-0.15, -0.1) is 0 Å². The molecular weight excluding hydrogens is 192 g/mol. The summed E-state index contributed by atoms with van der Waals surface area (Å²) in [5, 5.41) is 20.4. The topological polar surface area (TPSA) is 65.6 Å². The first-order valence-corrected chi connectivity index (χ1v) is 4.69. The van der Waals surface area contributed by atoms with Gasteiger partial charge in [0.15, 0.2) is 6.61 Å². The lowest BCUT2D eigenvalue weighted by molar-refractivity contribution is 0.318. The SMILES string of the molecule is N#CCOc1ccc2c(c1)CC/C2=N/O. The zero-order valence-corrected chi connectivity index (χ0v) is 8.10. The maximum absolute atomic E-state index is 8.74. The van der Waals surface area contributed by atoms with E-state index in [1.165, 1.54) is 0 Å². The summed E-state index contributed by atoms with van der Waals surface area (Å²) in [5.41, 5.74) is 2.80. The molecule has 0 bridgehead atoms. The van der Waals surface area contributed by atoms with Gasteiger partial charge in [-0.2, -0.15) is 5.26 Å². The first kappa shape index (κ1) is 9.53. The fourth-order valence-electron chi connectivity index (χ4n) is 1.76. The molecule has 1 aromatic rings. The van der Waals surface area contributed by atoms with Crippen molar-refractivity contribution in [3.8, 4) is 11.8 Å². The summed E-state index contributed by atoms with van der Waals surface area (Å²) in [6, 6.07) is 7.46. The third-order valence-corrected chi connectivity index (χ3v) is 2.44. The van der Waals surface area contributed by atoms with Gasteiger partial charge in [-0.1, -0.05) is 5.16 Å². The number of aryl methyl sites for hydroxylation is 1. The Kier molecular flexibility index (Phi) is 2.55. The second-order valence-corrected chi connectivity index (χ2v) is 3.31. The zero-order chi connectivity index (χ0) is 10.7. The van der Waals surface area contributed by atoms with E-state index in [9.17, 15) is 0 Å². The van der Waals surface area contributed by atoms with Crippen LogP contribution >= 0.6 is 0 Å². The molecule has 0 saturated heterocycles. The van der Waals surface area contributed by atoms with E-state index in [0.717, 1.165) is 29.7 Å². The van der Waals surface area contributed by atoms with Crippen LogP contribution < -0.4 is 4.74 Å². The van der Waals surface area contributed by atoms with Crippen molar-refractivity contribution in [2.75, 3.05) is 6.61 Å². The quantitative estimate of drug-likeness (QED) is 0.586. The highest BCUT2D eigenvalue weighted by Gasteiger charge is 2.18. The van der Waals surface area contributed by atoms with E-state index in [2.05, 4.69) is 5.16 Å². The first-order valence-electron chi connectivity index (χ1n) is 4.69. The molecule has 0 aromatic heterocycles. The predicted molar refractivity (Wildman–Crippen MR) is 54.2 cm³/mol. The van der Waals surface area contributed by atoms with E-state index in [1.54, 1.807) is 6.07 Å². The third-order valence-electron chi connectivity index (χ3n) is 2.44. The van der Waals surface area contributed by atoms with Gasteiger partial charge in [0.25, 0.3) is 0 Å². The second kappa shape index (κ2) is 4.01. The summed E-state index contributed by atoms with van der Waals surface area (Å²) in [4.78, 5) is 0. The van der Waals surface area contributed by atoms with E-state index in [1.807, 2.05) is 18.2 Å². The molecule has 0 unspecified atom stereocenters. The van der Waals surface area contributed by atoms with Gasteiger partial charge in [-0.25, -0.2) is 0 Å².